The monoisotopic (exact) mass is 428 g/mol. The minimum Gasteiger partial charge on any atom is -0.356 e. The Labute approximate surface area is 174 Å². The molecule has 0 saturated carbocycles. The lowest BCUT2D eigenvalue weighted by atomic mass is 9.80. The number of halogens is 1. The molecule has 0 aliphatic heterocycles. The van der Waals surface area contributed by atoms with Crippen LogP contribution in [0.2, 0.25) is 0 Å². The van der Waals surface area contributed by atoms with Crippen molar-refractivity contribution >= 4 is 15.9 Å². The highest BCUT2D eigenvalue weighted by Gasteiger charge is 2.37. The Morgan fingerprint density at radius 1 is 0.536 bits per heavy atom. The molecule has 4 rings (SSSR count). The normalized spacial score (nSPS) is 11.3. The molecule has 0 saturated heterocycles. The van der Waals surface area contributed by atoms with Crippen molar-refractivity contribution in [2.75, 3.05) is 0 Å². The molecule has 0 aliphatic rings. The van der Waals surface area contributed by atoms with Crippen LogP contribution in [0.1, 0.15) is 22.3 Å². The molecule has 0 unspecified atom stereocenters. The fourth-order valence-electron chi connectivity index (χ4n) is 3.57. The number of rotatable bonds is 6. The lowest BCUT2D eigenvalue weighted by molar-refractivity contribution is -0.0000251. The van der Waals surface area contributed by atoms with Gasteiger partial charge in [0.1, 0.15) is 5.60 Å². The SMILES string of the molecule is Brc1ccccc1COC(c1ccccc1)(c1ccccc1)c1ccccc1. The van der Waals surface area contributed by atoms with E-state index in [0.717, 1.165) is 26.7 Å². The maximum atomic E-state index is 6.82. The van der Waals surface area contributed by atoms with Crippen LogP contribution in [0.3, 0.4) is 0 Å². The Kier molecular flexibility index (Phi) is 5.70. The van der Waals surface area contributed by atoms with Crippen molar-refractivity contribution in [3.05, 3.63) is 142 Å². The van der Waals surface area contributed by atoms with Gasteiger partial charge in [-0.05, 0) is 28.3 Å². The van der Waals surface area contributed by atoms with Gasteiger partial charge in [-0.25, -0.2) is 0 Å². The first-order chi connectivity index (χ1) is 13.8. The van der Waals surface area contributed by atoms with Gasteiger partial charge in [-0.1, -0.05) is 125 Å². The van der Waals surface area contributed by atoms with Crippen molar-refractivity contribution < 1.29 is 4.74 Å². The summed E-state index contributed by atoms with van der Waals surface area (Å²) < 4.78 is 7.88. The van der Waals surface area contributed by atoms with Crippen LogP contribution >= 0.6 is 15.9 Å². The summed E-state index contributed by atoms with van der Waals surface area (Å²) in [7, 11) is 0. The highest BCUT2D eigenvalue weighted by Crippen LogP contribution is 2.41. The zero-order valence-electron chi connectivity index (χ0n) is 15.5. The van der Waals surface area contributed by atoms with Crippen LogP contribution in [0.25, 0.3) is 0 Å². The standard InChI is InChI=1S/C26H21BrO/c27-25-19-11-10-12-21(25)20-28-26(22-13-4-1-5-14-22,23-15-6-2-7-16-23)24-17-8-3-9-18-24/h1-19H,20H2. The molecule has 0 aromatic heterocycles. The molecule has 0 fully saturated rings. The average Bonchev–Trinajstić information content (AvgIpc) is 2.78. The van der Waals surface area contributed by atoms with E-state index in [4.69, 9.17) is 4.74 Å². The average molecular weight is 429 g/mol. The zero-order chi connectivity index (χ0) is 19.2. The quantitative estimate of drug-likeness (QED) is 0.301. The van der Waals surface area contributed by atoms with E-state index >= 15 is 0 Å². The van der Waals surface area contributed by atoms with Crippen LogP contribution in [0.4, 0.5) is 0 Å². The summed E-state index contributed by atoms with van der Waals surface area (Å²) in [6.07, 6.45) is 0. The summed E-state index contributed by atoms with van der Waals surface area (Å²) in [4.78, 5) is 0. The second kappa shape index (κ2) is 8.55. The molecule has 0 spiro atoms. The van der Waals surface area contributed by atoms with E-state index in [1.54, 1.807) is 0 Å². The van der Waals surface area contributed by atoms with Crippen LogP contribution in [0.5, 0.6) is 0 Å². The first-order valence-corrected chi connectivity index (χ1v) is 10.1. The topological polar surface area (TPSA) is 9.23 Å². The van der Waals surface area contributed by atoms with Gasteiger partial charge in [0.05, 0.1) is 6.61 Å². The lowest BCUT2D eigenvalue weighted by Gasteiger charge is -2.36. The molecular formula is C26H21BrO. The Morgan fingerprint density at radius 2 is 0.929 bits per heavy atom. The summed E-state index contributed by atoms with van der Waals surface area (Å²) in [5.41, 5.74) is 3.76. The summed E-state index contributed by atoms with van der Waals surface area (Å²) in [6, 6.07) is 39.6. The number of ether oxygens (including phenoxy) is 1. The van der Waals surface area contributed by atoms with Crippen LogP contribution < -0.4 is 0 Å². The van der Waals surface area contributed by atoms with Crippen LogP contribution in [0.15, 0.2) is 120 Å². The Bertz CT molecular complexity index is 917. The Hall–Kier alpha value is -2.68. The van der Waals surface area contributed by atoms with Crippen molar-refractivity contribution in [3.8, 4) is 0 Å². The van der Waals surface area contributed by atoms with Gasteiger partial charge in [-0.15, -0.1) is 0 Å². The highest BCUT2D eigenvalue weighted by atomic mass is 79.9. The predicted molar refractivity (Wildman–Crippen MR) is 118 cm³/mol. The first kappa shape index (κ1) is 18.7. The fraction of sp³-hybridized carbons (Fsp3) is 0.0769. The van der Waals surface area contributed by atoms with Gasteiger partial charge >= 0.3 is 0 Å². The molecule has 0 heterocycles. The van der Waals surface area contributed by atoms with E-state index in [0.29, 0.717) is 6.61 Å². The fourth-order valence-corrected chi connectivity index (χ4v) is 3.97. The molecule has 0 radical (unpaired) electrons. The van der Waals surface area contributed by atoms with Crippen molar-refractivity contribution in [1.29, 1.82) is 0 Å². The molecule has 28 heavy (non-hydrogen) atoms. The molecule has 4 aromatic carbocycles. The third kappa shape index (κ3) is 3.66. The van der Waals surface area contributed by atoms with Gasteiger partial charge in [-0.3, -0.25) is 0 Å². The molecule has 0 N–H and O–H groups in total. The number of hydrogen-bond donors (Lipinski definition) is 0. The lowest BCUT2D eigenvalue weighted by Crippen LogP contribution is -2.32. The predicted octanol–water partition coefficient (Wildman–Crippen LogP) is 6.96. The molecule has 4 aromatic rings. The van der Waals surface area contributed by atoms with Crippen LogP contribution in [0, 0.1) is 0 Å². The van der Waals surface area contributed by atoms with Crippen LogP contribution in [-0.4, -0.2) is 0 Å². The summed E-state index contributed by atoms with van der Waals surface area (Å²) in [5, 5.41) is 0. The largest absolute Gasteiger partial charge is 0.356 e. The minimum atomic E-state index is -0.695. The Balaban J connectivity index is 1.89. The van der Waals surface area contributed by atoms with Gasteiger partial charge < -0.3 is 4.74 Å². The smallest absolute Gasteiger partial charge is 0.144 e. The van der Waals surface area contributed by atoms with E-state index in [9.17, 15) is 0 Å². The zero-order valence-corrected chi connectivity index (χ0v) is 17.0. The van der Waals surface area contributed by atoms with E-state index < -0.39 is 5.60 Å². The highest BCUT2D eigenvalue weighted by molar-refractivity contribution is 9.10. The maximum absolute atomic E-state index is 6.82. The van der Waals surface area contributed by atoms with E-state index in [1.165, 1.54) is 0 Å². The third-order valence-corrected chi connectivity index (χ3v) is 5.72. The molecule has 0 bridgehead atoms. The molecular weight excluding hydrogens is 408 g/mol. The first-order valence-electron chi connectivity index (χ1n) is 9.34. The molecule has 0 atom stereocenters. The maximum Gasteiger partial charge on any atom is 0.144 e. The summed E-state index contributed by atoms with van der Waals surface area (Å²) >= 11 is 3.65. The van der Waals surface area contributed by atoms with Crippen LogP contribution in [-0.2, 0) is 16.9 Å². The van der Waals surface area contributed by atoms with Crippen molar-refractivity contribution in [1.82, 2.24) is 0 Å². The van der Waals surface area contributed by atoms with Crippen molar-refractivity contribution in [2.24, 2.45) is 0 Å². The van der Waals surface area contributed by atoms with Gasteiger partial charge in [0.2, 0.25) is 0 Å². The van der Waals surface area contributed by atoms with E-state index in [-0.39, 0.29) is 0 Å². The van der Waals surface area contributed by atoms with Gasteiger partial charge in [-0.2, -0.15) is 0 Å². The van der Waals surface area contributed by atoms with Gasteiger partial charge in [0, 0.05) is 4.47 Å². The number of hydrogen-bond acceptors (Lipinski definition) is 1. The van der Waals surface area contributed by atoms with Gasteiger partial charge in [0.15, 0.2) is 0 Å². The molecule has 1 nitrogen and oxygen atoms in total. The number of benzene rings is 4. The van der Waals surface area contributed by atoms with Gasteiger partial charge in [0.25, 0.3) is 0 Å². The van der Waals surface area contributed by atoms with E-state index in [1.807, 2.05) is 36.4 Å². The molecule has 0 aliphatic carbocycles. The van der Waals surface area contributed by atoms with Crippen molar-refractivity contribution in [2.45, 2.75) is 12.2 Å². The van der Waals surface area contributed by atoms with Crippen molar-refractivity contribution in [3.63, 3.8) is 0 Å². The molecule has 2 heteroatoms. The van der Waals surface area contributed by atoms with E-state index in [2.05, 4.69) is 94.8 Å². The second-order valence-electron chi connectivity index (χ2n) is 6.66. The molecule has 0 amide bonds. The Morgan fingerprint density at radius 3 is 1.36 bits per heavy atom. The summed E-state index contributed by atoms with van der Waals surface area (Å²) in [5.74, 6) is 0. The molecule has 138 valence electrons. The second-order valence-corrected chi connectivity index (χ2v) is 7.51. The minimum absolute atomic E-state index is 0.486. The third-order valence-electron chi connectivity index (χ3n) is 4.94. The summed E-state index contributed by atoms with van der Waals surface area (Å²) in [6.45, 7) is 0.486.